The van der Waals surface area contributed by atoms with Gasteiger partial charge in [0, 0.05) is 25.2 Å². The van der Waals surface area contributed by atoms with E-state index in [2.05, 4.69) is 5.32 Å². The molecule has 0 aromatic heterocycles. The lowest BCUT2D eigenvalue weighted by atomic mass is 9.80. The lowest BCUT2D eigenvalue weighted by Crippen LogP contribution is -2.45. The quantitative estimate of drug-likeness (QED) is 0.782. The smallest absolute Gasteiger partial charge is 0.227 e. The van der Waals surface area contributed by atoms with Gasteiger partial charge in [-0.25, -0.2) is 0 Å². The molecule has 28 heavy (non-hydrogen) atoms. The zero-order valence-corrected chi connectivity index (χ0v) is 16.5. The number of benzene rings is 1. The fraction of sp³-hybridized carbons (Fsp3) is 0.682. The molecule has 0 spiro atoms. The highest BCUT2D eigenvalue weighted by atomic mass is 16.6. The molecule has 6 heteroatoms. The maximum Gasteiger partial charge on any atom is 0.227 e. The highest BCUT2D eigenvalue weighted by Gasteiger charge is 2.36. The molecule has 1 aliphatic carbocycles. The minimum atomic E-state index is -0.263. The van der Waals surface area contributed by atoms with E-state index in [1.54, 1.807) is 0 Å². The third kappa shape index (κ3) is 4.13. The number of carbonyl (C=O) groups excluding carboxylic acids is 1. The van der Waals surface area contributed by atoms with Gasteiger partial charge in [0.15, 0.2) is 11.5 Å². The molecule has 2 N–H and O–H groups in total. The van der Waals surface area contributed by atoms with E-state index in [1.165, 1.54) is 12.8 Å². The van der Waals surface area contributed by atoms with Gasteiger partial charge < -0.3 is 24.6 Å². The van der Waals surface area contributed by atoms with Crippen molar-refractivity contribution in [1.29, 1.82) is 0 Å². The van der Waals surface area contributed by atoms with Crippen molar-refractivity contribution in [3.05, 3.63) is 23.8 Å². The van der Waals surface area contributed by atoms with Crippen molar-refractivity contribution < 1.29 is 24.1 Å². The summed E-state index contributed by atoms with van der Waals surface area (Å²) >= 11 is 0. The van der Waals surface area contributed by atoms with Gasteiger partial charge in [0.05, 0.1) is 12.5 Å². The van der Waals surface area contributed by atoms with Crippen molar-refractivity contribution in [2.45, 2.75) is 44.4 Å². The molecule has 0 radical (unpaired) electrons. The first-order valence-electron chi connectivity index (χ1n) is 10.6. The molecule has 1 atom stereocenters. The molecule has 1 amide bonds. The van der Waals surface area contributed by atoms with Gasteiger partial charge in [-0.1, -0.05) is 18.9 Å². The molecule has 2 aliphatic heterocycles. The van der Waals surface area contributed by atoms with E-state index in [9.17, 15) is 9.90 Å². The largest absolute Gasteiger partial charge is 0.486 e. The molecule has 1 aromatic carbocycles. The molecule has 1 saturated carbocycles. The Kier molecular flexibility index (Phi) is 6.07. The summed E-state index contributed by atoms with van der Waals surface area (Å²) in [4.78, 5) is 13.3. The number of hydrogen-bond acceptors (Lipinski definition) is 5. The second kappa shape index (κ2) is 8.70. The van der Waals surface area contributed by atoms with Crippen LogP contribution in [0.3, 0.4) is 0 Å². The highest BCUT2D eigenvalue weighted by molar-refractivity contribution is 5.84. The van der Waals surface area contributed by atoms with Crippen LogP contribution >= 0.6 is 0 Å². The second-order valence-electron chi connectivity index (χ2n) is 8.41. The minimum Gasteiger partial charge on any atom is -0.486 e. The van der Waals surface area contributed by atoms with Crippen LogP contribution in [0.15, 0.2) is 18.2 Å². The van der Waals surface area contributed by atoms with E-state index in [0.29, 0.717) is 38.9 Å². The van der Waals surface area contributed by atoms with Gasteiger partial charge in [0.1, 0.15) is 13.2 Å². The predicted octanol–water partition coefficient (Wildman–Crippen LogP) is 2.64. The zero-order chi connectivity index (χ0) is 19.4. The molecule has 0 bridgehead atoms. The van der Waals surface area contributed by atoms with Crippen LogP contribution in [-0.2, 0) is 9.53 Å². The first-order chi connectivity index (χ1) is 13.7. The number of amides is 1. The number of nitrogens with one attached hydrogen (secondary N) is 1. The zero-order valence-electron chi connectivity index (χ0n) is 16.5. The average molecular weight is 389 g/mol. The van der Waals surface area contributed by atoms with E-state index in [-0.39, 0.29) is 23.8 Å². The monoisotopic (exact) mass is 389 g/mol. The van der Waals surface area contributed by atoms with Crippen molar-refractivity contribution in [3.8, 4) is 11.5 Å². The molecule has 6 nitrogen and oxygen atoms in total. The van der Waals surface area contributed by atoms with Crippen LogP contribution in [0.1, 0.15) is 50.0 Å². The van der Waals surface area contributed by atoms with Crippen LogP contribution in [-0.4, -0.2) is 50.6 Å². The number of hydrogen-bond donors (Lipinski definition) is 2. The summed E-state index contributed by atoms with van der Waals surface area (Å²) < 4.78 is 16.8. The van der Waals surface area contributed by atoms with Crippen LogP contribution in [0.2, 0.25) is 0 Å². The molecule has 3 aliphatic rings. The Bertz CT molecular complexity index is 680. The Morgan fingerprint density at radius 2 is 1.82 bits per heavy atom. The summed E-state index contributed by atoms with van der Waals surface area (Å²) in [5.41, 5.74) is 0.736. The van der Waals surface area contributed by atoms with E-state index < -0.39 is 0 Å². The first-order valence-corrected chi connectivity index (χ1v) is 10.6. The molecule has 2 heterocycles. The Balaban J connectivity index is 1.51. The van der Waals surface area contributed by atoms with E-state index in [4.69, 9.17) is 14.2 Å². The molecule has 4 rings (SSSR count). The lowest BCUT2D eigenvalue weighted by molar-refractivity contribution is -0.125. The van der Waals surface area contributed by atoms with Crippen molar-refractivity contribution in [3.63, 3.8) is 0 Å². The molecule has 154 valence electrons. The van der Waals surface area contributed by atoms with Crippen LogP contribution in [0.4, 0.5) is 0 Å². The lowest BCUT2D eigenvalue weighted by Gasteiger charge is -2.36. The molecule has 1 aromatic rings. The molecule has 1 saturated heterocycles. The van der Waals surface area contributed by atoms with Gasteiger partial charge in [-0.05, 0) is 49.3 Å². The summed E-state index contributed by atoms with van der Waals surface area (Å²) in [7, 11) is 0. The first kappa shape index (κ1) is 19.5. The van der Waals surface area contributed by atoms with Crippen LogP contribution in [0.25, 0.3) is 0 Å². The van der Waals surface area contributed by atoms with E-state index in [1.807, 2.05) is 18.2 Å². The Morgan fingerprint density at radius 3 is 2.54 bits per heavy atom. The SMILES string of the molecule is O=C(NCC1(CO)CCOCC1)C(c1ccc2c(c1)OCCO2)C1CCCC1. The van der Waals surface area contributed by atoms with Gasteiger partial charge in [-0.2, -0.15) is 0 Å². The summed E-state index contributed by atoms with van der Waals surface area (Å²) in [6.45, 7) is 2.97. The summed E-state index contributed by atoms with van der Waals surface area (Å²) in [5, 5.41) is 13.1. The molecule has 1 unspecified atom stereocenters. The molecule has 2 fully saturated rings. The van der Waals surface area contributed by atoms with Crippen LogP contribution in [0.5, 0.6) is 11.5 Å². The van der Waals surface area contributed by atoms with Gasteiger partial charge in [-0.3, -0.25) is 4.79 Å². The van der Waals surface area contributed by atoms with Crippen molar-refractivity contribution >= 4 is 5.91 Å². The Hall–Kier alpha value is -1.79. The predicted molar refractivity (Wildman–Crippen MR) is 105 cm³/mol. The topological polar surface area (TPSA) is 77.0 Å². The second-order valence-corrected chi connectivity index (χ2v) is 8.41. The van der Waals surface area contributed by atoms with Crippen LogP contribution in [0, 0.1) is 11.3 Å². The summed E-state index contributed by atoms with van der Waals surface area (Å²) in [5.74, 6) is 1.71. The van der Waals surface area contributed by atoms with Gasteiger partial charge in [0.2, 0.25) is 5.91 Å². The highest BCUT2D eigenvalue weighted by Crippen LogP contribution is 2.41. The molecular weight excluding hydrogens is 358 g/mol. The van der Waals surface area contributed by atoms with Crippen molar-refractivity contribution in [2.24, 2.45) is 11.3 Å². The summed E-state index contributed by atoms with van der Waals surface area (Å²) in [6, 6.07) is 5.91. The fourth-order valence-corrected chi connectivity index (χ4v) is 4.76. The van der Waals surface area contributed by atoms with Gasteiger partial charge in [0.25, 0.3) is 0 Å². The van der Waals surface area contributed by atoms with E-state index in [0.717, 1.165) is 42.7 Å². The Labute approximate surface area is 166 Å². The minimum absolute atomic E-state index is 0.0582. The van der Waals surface area contributed by atoms with Gasteiger partial charge >= 0.3 is 0 Å². The maximum atomic E-state index is 13.3. The van der Waals surface area contributed by atoms with Crippen LogP contribution < -0.4 is 14.8 Å². The summed E-state index contributed by atoms with van der Waals surface area (Å²) in [6.07, 6.45) is 6.06. The number of carbonyl (C=O) groups is 1. The number of rotatable bonds is 6. The average Bonchev–Trinajstić information content (AvgIpc) is 3.27. The number of fused-ring (bicyclic) bond motifs is 1. The number of aliphatic hydroxyl groups excluding tert-OH is 1. The normalized spacial score (nSPS) is 22.6. The standard InChI is InChI=1S/C22H31NO5/c24-15-22(7-9-26-10-8-22)14-23-21(25)20(16-3-1-2-4-16)17-5-6-18-19(13-17)28-12-11-27-18/h5-6,13,16,20,24H,1-4,7-12,14-15H2,(H,23,25). The van der Waals surface area contributed by atoms with Crippen molar-refractivity contribution in [2.75, 3.05) is 39.6 Å². The third-order valence-corrected chi connectivity index (χ3v) is 6.61. The number of ether oxygens (including phenoxy) is 3. The molecular formula is C22H31NO5. The van der Waals surface area contributed by atoms with Crippen molar-refractivity contribution in [1.82, 2.24) is 5.32 Å². The number of aliphatic hydroxyl groups is 1. The Morgan fingerprint density at radius 1 is 1.11 bits per heavy atom. The van der Waals surface area contributed by atoms with E-state index >= 15 is 0 Å². The third-order valence-electron chi connectivity index (χ3n) is 6.61. The fourth-order valence-electron chi connectivity index (χ4n) is 4.76. The maximum absolute atomic E-state index is 13.3. The van der Waals surface area contributed by atoms with Gasteiger partial charge in [-0.15, -0.1) is 0 Å².